The summed E-state index contributed by atoms with van der Waals surface area (Å²) in [7, 11) is -1.12. The van der Waals surface area contributed by atoms with Crippen LogP contribution in [-0.4, -0.2) is 38.1 Å². The van der Waals surface area contributed by atoms with Gasteiger partial charge in [0.2, 0.25) is 0 Å². The Kier molecular flexibility index (Phi) is 4.94. The molecule has 4 heterocycles. The fourth-order valence-corrected chi connectivity index (χ4v) is 5.83. The molecule has 11 heteroatoms. The zero-order valence-electron chi connectivity index (χ0n) is 18.2. The first-order chi connectivity index (χ1) is 16.3. The molecule has 7 nitrogen and oxygen atoms in total. The summed E-state index contributed by atoms with van der Waals surface area (Å²) in [6.07, 6.45) is 0.170. The van der Waals surface area contributed by atoms with Gasteiger partial charge in [0.15, 0.2) is 0 Å². The van der Waals surface area contributed by atoms with Gasteiger partial charge < -0.3 is 10.1 Å². The SMILES string of the molecule is O=S1CCCN1c1cc2c3nc(nc2cn1)CC1(CC1)COc1c(cccc1C(F)(F)F)CN3. The Bertz CT molecular complexity index is 1310. The van der Waals surface area contributed by atoms with E-state index in [0.717, 1.165) is 25.3 Å². The van der Waals surface area contributed by atoms with Gasteiger partial charge in [0.25, 0.3) is 0 Å². The van der Waals surface area contributed by atoms with Crippen LogP contribution < -0.4 is 14.4 Å². The lowest BCUT2D eigenvalue weighted by Crippen LogP contribution is -2.21. The third-order valence-electron chi connectivity index (χ3n) is 6.66. The van der Waals surface area contributed by atoms with Crippen molar-refractivity contribution in [2.45, 2.75) is 38.4 Å². The number of hydrogen-bond acceptors (Lipinski definition) is 6. The molecule has 1 N–H and O–H groups in total. The predicted octanol–water partition coefficient (Wildman–Crippen LogP) is 4.24. The Hall–Kier alpha value is -2.95. The number of anilines is 2. The highest BCUT2D eigenvalue weighted by atomic mass is 32.2. The molecule has 1 unspecified atom stereocenters. The second-order valence-electron chi connectivity index (χ2n) is 9.14. The van der Waals surface area contributed by atoms with Gasteiger partial charge in [-0.05, 0) is 31.4 Å². The topological polar surface area (TPSA) is 80.2 Å². The number of nitrogens with one attached hydrogen (secondary N) is 1. The Morgan fingerprint density at radius 1 is 1.21 bits per heavy atom. The molecule has 6 rings (SSSR count). The van der Waals surface area contributed by atoms with Crippen LogP contribution in [0, 0.1) is 5.41 Å². The van der Waals surface area contributed by atoms with Crippen molar-refractivity contribution in [1.82, 2.24) is 15.0 Å². The van der Waals surface area contributed by atoms with Crippen molar-refractivity contribution in [1.29, 1.82) is 0 Å². The molecule has 2 bridgehead atoms. The molecule has 1 spiro atoms. The van der Waals surface area contributed by atoms with E-state index < -0.39 is 22.7 Å². The summed E-state index contributed by atoms with van der Waals surface area (Å²) in [6, 6.07) is 5.90. The van der Waals surface area contributed by atoms with Gasteiger partial charge in [0.1, 0.15) is 34.2 Å². The van der Waals surface area contributed by atoms with Crippen molar-refractivity contribution in [2.75, 3.05) is 28.5 Å². The van der Waals surface area contributed by atoms with E-state index in [0.29, 0.717) is 52.6 Å². The van der Waals surface area contributed by atoms with Crippen LogP contribution in [0.5, 0.6) is 5.75 Å². The van der Waals surface area contributed by atoms with Crippen LogP contribution in [0.25, 0.3) is 10.9 Å². The Morgan fingerprint density at radius 2 is 2.06 bits per heavy atom. The van der Waals surface area contributed by atoms with Gasteiger partial charge in [0.05, 0.1) is 23.9 Å². The van der Waals surface area contributed by atoms with Crippen molar-refractivity contribution in [3.8, 4) is 5.75 Å². The molecule has 0 amide bonds. The fraction of sp³-hybridized carbons (Fsp3) is 0.435. The second kappa shape index (κ2) is 7.79. The van der Waals surface area contributed by atoms with Crippen molar-refractivity contribution in [3.05, 3.63) is 47.4 Å². The first kappa shape index (κ1) is 21.6. The number of nitrogens with zero attached hydrogens (tertiary/aromatic N) is 4. The molecular weight excluding hydrogens is 467 g/mol. The summed E-state index contributed by atoms with van der Waals surface area (Å²) in [4.78, 5) is 13.9. The number of rotatable bonds is 1. The van der Waals surface area contributed by atoms with E-state index in [4.69, 9.17) is 14.7 Å². The highest BCUT2D eigenvalue weighted by Gasteiger charge is 2.45. The third-order valence-corrected chi connectivity index (χ3v) is 8.16. The smallest absolute Gasteiger partial charge is 0.419 e. The lowest BCUT2D eigenvalue weighted by molar-refractivity contribution is -0.139. The highest BCUT2D eigenvalue weighted by Crippen LogP contribution is 2.49. The third kappa shape index (κ3) is 3.85. The van der Waals surface area contributed by atoms with Crippen LogP contribution in [0.3, 0.4) is 0 Å². The summed E-state index contributed by atoms with van der Waals surface area (Å²) >= 11 is 0. The molecule has 2 aliphatic heterocycles. The van der Waals surface area contributed by atoms with E-state index in [-0.39, 0.29) is 24.3 Å². The number of hydrogen-bond donors (Lipinski definition) is 1. The van der Waals surface area contributed by atoms with E-state index >= 15 is 0 Å². The van der Waals surface area contributed by atoms with Gasteiger partial charge in [-0.25, -0.2) is 19.2 Å². The minimum absolute atomic E-state index is 0.102. The summed E-state index contributed by atoms with van der Waals surface area (Å²) in [6.45, 7) is 0.938. The van der Waals surface area contributed by atoms with E-state index in [1.807, 2.05) is 0 Å². The molecule has 34 heavy (non-hydrogen) atoms. The average Bonchev–Trinajstić information content (AvgIpc) is 3.43. The van der Waals surface area contributed by atoms with Gasteiger partial charge in [-0.1, -0.05) is 12.1 Å². The van der Waals surface area contributed by atoms with E-state index in [1.165, 1.54) is 6.07 Å². The molecule has 1 saturated heterocycles. The van der Waals surface area contributed by atoms with E-state index in [1.54, 1.807) is 22.6 Å². The van der Waals surface area contributed by atoms with Gasteiger partial charge in [-0.2, -0.15) is 13.2 Å². The minimum Gasteiger partial charge on any atom is -0.492 e. The Labute approximate surface area is 196 Å². The molecule has 1 atom stereocenters. The highest BCUT2D eigenvalue weighted by molar-refractivity contribution is 7.86. The molecule has 2 aromatic heterocycles. The Morgan fingerprint density at radius 3 is 2.79 bits per heavy atom. The van der Waals surface area contributed by atoms with E-state index in [2.05, 4.69) is 10.3 Å². The van der Waals surface area contributed by atoms with Crippen LogP contribution in [0.1, 0.15) is 36.2 Å². The monoisotopic (exact) mass is 489 g/mol. The second-order valence-corrected chi connectivity index (χ2v) is 10.6. The molecule has 1 aromatic carbocycles. The molecule has 2 fully saturated rings. The van der Waals surface area contributed by atoms with Gasteiger partial charge >= 0.3 is 6.18 Å². The van der Waals surface area contributed by atoms with Crippen molar-refractivity contribution < 1.29 is 22.1 Å². The first-order valence-corrected chi connectivity index (χ1v) is 12.5. The van der Waals surface area contributed by atoms with Gasteiger partial charge in [0, 0.05) is 41.6 Å². The molecule has 3 aromatic rings. The first-order valence-electron chi connectivity index (χ1n) is 11.2. The van der Waals surface area contributed by atoms with Crippen LogP contribution in [0.15, 0.2) is 30.5 Å². The summed E-state index contributed by atoms with van der Waals surface area (Å²) in [5.74, 6) is 2.18. The Balaban J connectivity index is 1.46. The number of ether oxygens (including phenoxy) is 1. The zero-order valence-corrected chi connectivity index (χ0v) is 19.0. The molecule has 0 radical (unpaired) electrons. The number of aromatic nitrogens is 3. The molecule has 1 aliphatic carbocycles. The van der Waals surface area contributed by atoms with Crippen LogP contribution in [-0.2, 0) is 30.1 Å². The van der Waals surface area contributed by atoms with Gasteiger partial charge in [-0.3, -0.25) is 4.31 Å². The minimum atomic E-state index is -4.52. The number of pyridine rings is 1. The number of halogens is 3. The maximum absolute atomic E-state index is 13.7. The van der Waals surface area contributed by atoms with Gasteiger partial charge in [-0.15, -0.1) is 0 Å². The number of benzene rings is 1. The van der Waals surface area contributed by atoms with Crippen LogP contribution >= 0.6 is 0 Å². The summed E-state index contributed by atoms with van der Waals surface area (Å²) in [5.41, 5.74) is 0.00942. The average molecular weight is 490 g/mol. The number of alkyl halides is 3. The normalized spacial score (nSPS) is 21.5. The molecule has 178 valence electrons. The predicted molar refractivity (Wildman–Crippen MR) is 122 cm³/mol. The zero-order chi connectivity index (χ0) is 23.5. The van der Waals surface area contributed by atoms with Crippen molar-refractivity contribution in [2.24, 2.45) is 5.41 Å². The molecule has 1 saturated carbocycles. The molecule has 3 aliphatic rings. The maximum Gasteiger partial charge on any atom is 0.419 e. The standard InChI is InChI=1S/C23H22F3N5O2S/c24-23(25,26)16-4-1-3-14-11-28-21-15-9-19(31-7-2-8-34(31)32)27-12-17(15)29-18(30-21)10-22(5-6-22)13-33-20(14)16/h1,3-4,9,12H,2,5-8,10-11,13H2,(H,28,29,30). The number of fused-ring (bicyclic) bond motifs is 5. The lowest BCUT2D eigenvalue weighted by Gasteiger charge is -2.20. The van der Waals surface area contributed by atoms with E-state index in [9.17, 15) is 17.4 Å². The quantitative estimate of drug-likeness (QED) is 0.551. The summed E-state index contributed by atoms with van der Waals surface area (Å²) < 4.78 is 61.1. The fourth-order valence-electron chi connectivity index (χ4n) is 4.59. The maximum atomic E-state index is 13.7. The van der Waals surface area contributed by atoms with Crippen LogP contribution in [0.2, 0.25) is 0 Å². The summed E-state index contributed by atoms with van der Waals surface area (Å²) in [5, 5.41) is 3.91. The van der Waals surface area contributed by atoms with Crippen LogP contribution in [0.4, 0.5) is 24.8 Å². The number of para-hydroxylation sites is 1. The molecular formula is C23H22F3N5O2S. The largest absolute Gasteiger partial charge is 0.492 e. The van der Waals surface area contributed by atoms with Crippen molar-refractivity contribution >= 4 is 33.5 Å². The lowest BCUT2D eigenvalue weighted by atomic mass is 10.0. The van der Waals surface area contributed by atoms with Crippen molar-refractivity contribution in [3.63, 3.8) is 0 Å².